The molecule has 4 heteroatoms. The first-order valence-corrected chi connectivity index (χ1v) is 7.30. The lowest BCUT2D eigenvalue weighted by Gasteiger charge is -2.30. The van der Waals surface area contributed by atoms with Crippen molar-refractivity contribution in [2.75, 3.05) is 5.73 Å². The summed E-state index contributed by atoms with van der Waals surface area (Å²) in [6, 6.07) is 7.39. The highest BCUT2D eigenvalue weighted by Gasteiger charge is 2.51. The molecule has 2 fully saturated rings. The number of anilines is 1. The number of carbonyl (C=O) groups is 2. The van der Waals surface area contributed by atoms with E-state index in [0.29, 0.717) is 18.7 Å². The first-order valence-electron chi connectivity index (χ1n) is 7.30. The number of nitrogens with two attached hydrogens (primary N) is 1. The van der Waals surface area contributed by atoms with Gasteiger partial charge in [0, 0.05) is 12.1 Å². The molecule has 20 heavy (non-hydrogen) atoms. The van der Waals surface area contributed by atoms with Gasteiger partial charge in [-0.1, -0.05) is 31.4 Å². The lowest BCUT2D eigenvalue weighted by Crippen LogP contribution is -2.36. The molecule has 0 atom stereocenters. The average molecular weight is 272 g/mol. The van der Waals surface area contributed by atoms with Crippen molar-refractivity contribution in [3.63, 3.8) is 0 Å². The molecule has 106 valence electrons. The number of carbonyl (C=O) groups excluding carboxylic acids is 2. The Morgan fingerprint density at radius 2 is 1.90 bits per heavy atom. The number of imide groups is 1. The molecule has 1 aromatic carbocycles. The number of hydrogen-bond acceptors (Lipinski definition) is 3. The van der Waals surface area contributed by atoms with Gasteiger partial charge in [-0.25, -0.2) is 0 Å². The summed E-state index contributed by atoms with van der Waals surface area (Å²) in [6.45, 7) is 0.352. The Morgan fingerprint density at radius 1 is 1.15 bits per heavy atom. The molecular weight excluding hydrogens is 252 g/mol. The van der Waals surface area contributed by atoms with Crippen molar-refractivity contribution in [2.45, 2.75) is 45.1 Å². The summed E-state index contributed by atoms with van der Waals surface area (Å²) < 4.78 is 0. The average Bonchev–Trinajstić information content (AvgIpc) is 2.64. The Labute approximate surface area is 118 Å². The van der Waals surface area contributed by atoms with E-state index in [1.54, 1.807) is 6.07 Å². The Hall–Kier alpha value is -1.84. The summed E-state index contributed by atoms with van der Waals surface area (Å²) in [7, 11) is 0. The number of hydrogen-bond donors (Lipinski definition) is 1. The van der Waals surface area contributed by atoms with Gasteiger partial charge in [0.25, 0.3) is 0 Å². The topological polar surface area (TPSA) is 63.4 Å². The fourth-order valence-corrected chi connectivity index (χ4v) is 3.51. The lowest BCUT2D eigenvalue weighted by molar-refractivity contribution is -0.142. The summed E-state index contributed by atoms with van der Waals surface area (Å²) in [4.78, 5) is 26.3. The molecular formula is C16H20N2O2. The maximum Gasteiger partial charge on any atom is 0.236 e. The van der Waals surface area contributed by atoms with Gasteiger partial charge in [0.1, 0.15) is 0 Å². The molecule has 2 aliphatic rings. The smallest absolute Gasteiger partial charge is 0.236 e. The van der Waals surface area contributed by atoms with Crippen molar-refractivity contribution in [3.8, 4) is 0 Å². The van der Waals surface area contributed by atoms with E-state index in [9.17, 15) is 9.59 Å². The van der Waals surface area contributed by atoms with Gasteiger partial charge in [0.05, 0.1) is 12.0 Å². The molecule has 0 unspecified atom stereocenters. The van der Waals surface area contributed by atoms with Gasteiger partial charge in [0.2, 0.25) is 11.8 Å². The molecule has 2 amide bonds. The SMILES string of the molecule is Nc1cccc(CN2C(=O)CC3(CCCCC3)C2=O)c1. The predicted molar refractivity (Wildman–Crippen MR) is 76.5 cm³/mol. The van der Waals surface area contributed by atoms with E-state index in [1.165, 1.54) is 11.3 Å². The Morgan fingerprint density at radius 3 is 2.60 bits per heavy atom. The van der Waals surface area contributed by atoms with Gasteiger partial charge in [-0.2, -0.15) is 0 Å². The van der Waals surface area contributed by atoms with E-state index in [4.69, 9.17) is 5.73 Å². The minimum absolute atomic E-state index is 0.0284. The van der Waals surface area contributed by atoms with Crippen molar-refractivity contribution in [2.24, 2.45) is 5.41 Å². The molecule has 2 N–H and O–H groups in total. The van der Waals surface area contributed by atoms with Gasteiger partial charge >= 0.3 is 0 Å². The number of rotatable bonds is 2. The second-order valence-corrected chi connectivity index (χ2v) is 6.05. The van der Waals surface area contributed by atoms with E-state index in [0.717, 1.165) is 31.2 Å². The predicted octanol–water partition coefficient (Wildman–Crippen LogP) is 2.48. The van der Waals surface area contributed by atoms with Crippen LogP contribution in [0.2, 0.25) is 0 Å². The molecule has 0 aromatic heterocycles. The third-order valence-corrected chi connectivity index (χ3v) is 4.59. The molecule has 1 spiro atoms. The lowest BCUT2D eigenvalue weighted by atomic mass is 9.73. The van der Waals surface area contributed by atoms with E-state index in [-0.39, 0.29) is 11.8 Å². The zero-order valence-corrected chi connectivity index (χ0v) is 11.6. The van der Waals surface area contributed by atoms with Crippen LogP contribution in [-0.4, -0.2) is 16.7 Å². The van der Waals surface area contributed by atoms with Gasteiger partial charge < -0.3 is 5.73 Å². The van der Waals surface area contributed by atoms with Gasteiger partial charge in [-0.3, -0.25) is 14.5 Å². The summed E-state index contributed by atoms with van der Waals surface area (Å²) in [5.74, 6) is 0.00366. The summed E-state index contributed by atoms with van der Waals surface area (Å²) >= 11 is 0. The second kappa shape index (κ2) is 4.93. The van der Waals surface area contributed by atoms with Crippen LogP contribution in [0.1, 0.15) is 44.1 Å². The molecule has 1 aliphatic heterocycles. The van der Waals surface area contributed by atoms with Crippen molar-refractivity contribution < 1.29 is 9.59 Å². The molecule has 1 heterocycles. The number of nitrogens with zero attached hydrogens (tertiary/aromatic N) is 1. The number of likely N-dealkylation sites (tertiary alicyclic amines) is 1. The highest BCUT2D eigenvalue weighted by atomic mass is 16.2. The second-order valence-electron chi connectivity index (χ2n) is 6.05. The van der Waals surface area contributed by atoms with Crippen LogP contribution in [0.25, 0.3) is 0 Å². The number of amides is 2. The first-order chi connectivity index (χ1) is 9.61. The van der Waals surface area contributed by atoms with Crippen LogP contribution >= 0.6 is 0 Å². The highest BCUT2D eigenvalue weighted by molar-refractivity contribution is 6.05. The number of nitrogen functional groups attached to an aromatic ring is 1. The Balaban J connectivity index is 1.80. The monoisotopic (exact) mass is 272 g/mol. The van der Waals surface area contributed by atoms with Crippen LogP contribution < -0.4 is 5.73 Å². The van der Waals surface area contributed by atoms with Crippen molar-refractivity contribution >= 4 is 17.5 Å². The van der Waals surface area contributed by atoms with Crippen LogP contribution in [0.15, 0.2) is 24.3 Å². The zero-order valence-electron chi connectivity index (χ0n) is 11.6. The third kappa shape index (κ3) is 2.19. The molecule has 0 radical (unpaired) electrons. The fourth-order valence-electron chi connectivity index (χ4n) is 3.51. The molecule has 3 rings (SSSR count). The quantitative estimate of drug-likeness (QED) is 0.664. The summed E-state index contributed by atoms with van der Waals surface area (Å²) in [6.07, 6.45) is 5.43. The third-order valence-electron chi connectivity index (χ3n) is 4.59. The van der Waals surface area contributed by atoms with Crippen molar-refractivity contribution in [1.82, 2.24) is 4.90 Å². The van der Waals surface area contributed by atoms with Crippen LogP contribution in [0.3, 0.4) is 0 Å². The number of benzene rings is 1. The summed E-state index contributed by atoms with van der Waals surface area (Å²) in [5.41, 5.74) is 6.93. The van der Waals surface area contributed by atoms with Crippen LogP contribution in [0, 0.1) is 5.41 Å². The van der Waals surface area contributed by atoms with Crippen molar-refractivity contribution in [3.05, 3.63) is 29.8 Å². The molecule has 0 bridgehead atoms. The fraction of sp³-hybridized carbons (Fsp3) is 0.500. The standard InChI is InChI=1S/C16H20N2O2/c17-13-6-4-5-12(9-13)11-18-14(19)10-16(15(18)20)7-2-1-3-8-16/h4-6,9H,1-3,7-8,10-11,17H2. The Bertz CT molecular complexity index is 547. The minimum Gasteiger partial charge on any atom is -0.399 e. The van der Waals surface area contributed by atoms with Crippen LogP contribution in [0.4, 0.5) is 5.69 Å². The molecule has 1 saturated carbocycles. The maximum absolute atomic E-state index is 12.7. The summed E-state index contributed by atoms with van der Waals surface area (Å²) in [5, 5.41) is 0. The van der Waals surface area contributed by atoms with Gasteiger partial charge in [-0.05, 0) is 30.5 Å². The van der Waals surface area contributed by atoms with Crippen LogP contribution in [0.5, 0.6) is 0 Å². The van der Waals surface area contributed by atoms with Crippen molar-refractivity contribution in [1.29, 1.82) is 0 Å². The largest absolute Gasteiger partial charge is 0.399 e. The van der Waals surface area contributed by atoms with E-state index >= 15 is 0 Å². The Kier molecular flexibility index (Phi) is 3.24. The highest BCUT2D eigenvalue weighted by Crippen LogP contribution is 2.45. The first kappa shape index (κ1) is 13.2. The van der Waals surface area contributed by atoms with Crippen LogP contribution in [-0.2, 0) is 16.1 Å². The van der Waals surface area contributed by atoms with E-state index in [2.05, 4.69) is 0 Å². The zero-order chi connectivity index (χ0) is 14.2. The molecule has 1 aliphatic carbocycles. The van der Waals surface area contributed by atoms with E-state index in [1.807, 2.05) is 18.2 Å². The van der Waals surface area contributed by atoms with E-state index < -0.39 is 5.41 Å². The van der Waals surface area contributed by atoms with Gasteiger partial charge in [-0.15, -0.1) is 0 Å². The van der Waals surface area contributed by atoms with Gasteiger partial charge in [0.15, 0.2) is 0 Å². The normalized spacial score (nSPS) is 21.7. The minimum atomic E-state index is -0.393. The molecule has 4 nitrogen and oxygen atoms in total. The maximum atomic E-state index is 12.7. The molecule has 1 aromatic rings. The molecule has 1 saturated heterocycles.